The topological polar surface area (TPSA) is 98.7 Å². The van der Waals surface area contributed by atoms with Crippen LogP contribution in [-0.2, 0) is 0 Å². The highest BCUT2D eigenvalue weighted by molar-refractivity contribution is 9.10. The van der Waals surface area contributed by atoms with Crippen LogP contribution in [-0.4, -0.2) is 20.3 Å². The van der Waals surface area contributed by atoms with E-state index in [1.165, 1.54) is 18.3 Å². The Kier molecular flexibility index (Phi) is 3.51. The molecule has 0 aliphatic rings. The second kappa shape index (κ2) is 5.72. The molecule has 25 heavy (non-hydrogen) atoms. The van der Waals surface area contributed by atoms with Crippen LogP contribution >= 0.6 is 15.9 Å². The number of aromatic hydroxyl groups is 1. The molecule has 0 spiro atoms. The summed E-state index contributed by atoms with van der Waals surface area (Å²) in [7, 11) is 0. The van der Waals surface area contributed by atoms with Crippen molar-refractivity contribution in [2.75, 3.05) is 0 Å². The van der Waals surface area contributed by atoms with Gasteiger partial charge in [0.05, 0.1) is 22.8 Å². The van der Waals surface area contributed by atoms with Gasteiger partial charge in [-0.05, 0) is 40.2 Å². The monoisotopic (exact) mass is 398 g/mol. The molecule has 0 radical (unpaired) electrons. The number of nitriles is 1. The van der Waals surface area contributed by atoms with Crippen LogP contribution < -0.4 is 0 Å². The summed E-state index contributed by atoms with van der Waals surface area (Å²) in [5, 5.41) is 26.4. The summed E-state index contributed by atoms with van der Waals surface area (Å²) < 4.78 is 20.4. The lowest BCUT2D eigenvalue weighted by Gasteiger charge is -2.10. The molecule has 0 bridgehead atoms. The van der Waals surface area contributed by atoms with E-state index in [1.807, 2.05) is 0 Å². The summed E-state index contributed by atoms with van der Waals surface area (Å²) in [6.45, 7) is 0. The molecule has 0 saturated carbocycles. The lowest BCUT2D eigenvalue weighted by Crippen LogP contribution is -1.97. The predicted octanol–water partition coefficient (Wildman–Crippen LogP) is 4.36. The van der Waals surface area contributed by atoms with E-state index >= 15 is 0 Å². The number of halogens is 2. The molecule has 3 heterocycles. The van der Waals surface area contributed by atoms with E-state index in [1.54, 1.807) is 12.1 Å². The number of benzene rings is 1. The highest BCUT2D eigenvalue weighted by Crippen LogP contribution is 2.38. The van der Waals surface area contributed by atoms with Crippen LogP contribution in [0.25, 0.3) is 33.6 Å². The molecular weight excluding hydrogens is 391 g/mol. The number of nitrogens with zero attached hydrogens (tertiary/aromatic N) is 3. The van der Waals surface area contributed by atoms with Crippen molar-refractivity contribution in [1.82, 2.24) is 15.2 Å². The summed E-state index contributed by atoms with van der Waals surface area (Å²) in [5.41, 5.74) is 1.25. The fourth-order valence-corrected chi connectivity index (χ4v) is 2.98. The standard InChI is InChI=1S/C17H8BrFN4O2/c18-14-4-3-13(25-14)15-10(6-20)16(22-17-11(15)7-21-23-17)9-2-1-8(24)5-12(9)19/h1-5,7,24H,(H,21,22,23). The van der Waals surface area contributed by atoms with Gasteiger partial charge in [-0.3, -0.25) is 5.10 Å². The van der Waals surface area contributed by atoms with Crippen LogP contribution in [0.4, 0.5) is 4.39 Å². The molecular formula is C17H8BrFN4O2. The van der Waals surface area contributed by atoms with Crippen LogP contribution in [0.15, 0.2) is 45.6 Å². The molecule has 0 aliphatic carbocycles. The van der Waals surface area contributed by atoms with Gasteiger partial charge in [0, 0.05) is 17.2 Å². The molecule has 6 nitrogen and oxygen atoms in total. The third-order valence-corrected chi connectivity index (χ3v) is 4.16. The van der Waals surface area contributed by atoms with Gasteiger partial charge in [-0.15, -0.1) is 0 Å². The second-order valence-corrected chi connectivity index (χ2v) is 6.00. The Labute approximate surface area is 148 Å². The molecule has 8 heteroatoms. The molecule has 2 N–H and O–H groups in total. The Bertz CT molecular complexity index is 1160. The Morgan fingerprint density at radius 2 is 2.12 bits per heavy atom. The summed E-state index contributed by atoms with van der Waals surface area (Å²) >= 11 is 3.24. The number of rotatable bonds is 2. The molecule has 122 valence electrons. The Balaban J connectivity index is 2.11. The van der Waals surface area contributed by atoms with Crippen molar-refractivity contribution in [3.8, 4) is 34.4 Å². The zero-order valence-corrected chi connectivity index (χ0v) is 14.0. The lowest BCUT2D eigenvalue weighted by atomic mass is 9.97. The van der Waals surface area contributed by atoms with Gasteiger partial charge >= 0.3 is 0 Å². The molecule has 0 aliphatic heterocycles. The maximum Gasteiger partial charge on any atom is 0.169 e. The number of hydrogen-bond donors (Lipinski definition) is 2. The van der Waals surface area contributed by atoms with Crippen molar-refractivity contribution in [3.05, 3.63) is 52.6 Å². The number of aromatic amines is 1. The Hall–Kier alpha value is -3.18. The Morgan fingerprint density at radius 1 is 1.28 bits per heavy atom. The molecule has 0 unspecified atom stereocenters. The molecule has 1 aromatic carbocycles. The average Bonchev–Trinajstić information content (AvgIpc) is 3.21. The maximum atomic E-state index is 14.4. The third kappa shape index (κ3) is 2.45. The molecule has 0 atom stereocenters. The van der Waals surface area contributed by atoms with Crippen molar-refractivity contribution in [3.63, 3.8) is 0 Å². The van der Waals surface area contributed by atoms with Gasteiger partial charge in [-0.25, -0.2) is 9.37 Å². The molecule has 4 rings (SSSR count). The Morgan fingerprint density at radius 3 is 2.80 bits per heavy atom. The largest absolute Gasteiger partial charge is 0.508 e. The van der Waals surface area contributed by atoms with E-state index in [0.717, 1.165) is 6.07 Å². The SMILES string of the molecule is N#Cc1c(-c2ccc(O)cc2F)nc2[nH]ncc2c1-c1ccc(Br)o1. The van der Waals surface area contributed by atoms with Crippen molar-refractivity contribution in [1.29, 1.82) is 5.26 Å². The fourth-order valence-electron chi connectivity index (χ4n) is 2.67. The van der Waals surface area contributed by atoms with Crippen molar-refractivity contribution < 1.29 is 13.9 Å². The first-order valence-corrected chi connectivity index (χ1v) is 7.89. The minimum absolute atomic E-state index is 0.0951. The minimum Gasteiger partial charge on any atom is -0.508 e. The van der Waals surface area contributed by atoms with Gasteiger partial charge in [0.25, 0.3) is 0 Å². The minimum atomic E-state index is -0.686. The van der Waals surface area contributed by atoms with Gasteiger partial charge in [0.2, 0.25) is 0 Å². The summed E-state index contributed by atoms with van der Waals surface area (Å²) in [6, 6.07) is 9.16. The molecule has 3 aromatic heterocycles. The van der Waals surface area contributed by atoms with Crippen LogP contribution in [0, 0.1) is 17.1 Å². The van der Waals surface area contributed by atoms with Gasteiger partial charge < -0.3 is 9.52 Å². The molecule has 4 aromatic rings. The number of nitrogens with one attached hydrogen (secondary N) is 1. The first-order valence-electron chi connectivity index (χ1n) is 7.10. The van der Waals surface area contributed by atoms with Gasteiger partial charge in [-0.1, -0.05) is 0 Å². The zero-order chi connectivity index (χ0) is 17.6. The van der Waals surface area contributed by atoms with E-state index in [0.29, 0.717) is 27.0 Å². The number of pyridine rings is 1. The van der Waals surface area contributed by atoms with Crippen LogP contribution in [0.3, 0.4) is 0 Å². The van der Waals surface area contributed by atoms with Crippen molar-refractivity contribution in [2.24, 2.45) is 0 Å². The van der Waals surface area contributed by atoms with E-state index in [-0.39, 0.29) is 22.6 Å². The van der Waals surface area contributed by atoms with Crippen LogP contribution in [0.2, 0.25) is 0 Å². The van der Waals surface area contributed by atoms with Crippen molar-refractivity contribution >= 4 is 27.0 Å². The normalized spacial score (nSPS) is 10.9. The quantitative estimate of drug-likeness (QED) is 0.522. The third-order valence-electron chi connectivity index (χ3n) is 3.74. The maximum absolute atomic E-state index is 14.4. The van der Waals surface area contributed by atoms with Gasteiger partial charge in [0.1, 0.15) is 23.4 Å². The second-order valence-electron chi connectivity index (χ2n) is 5.22. The average molecular weight is 399 g/mol. The first kappa shape index (κ1) is 15.4. The number of phenols is 1. The highest BCUT2D eigenvalue weighted by atomic mass is 79.9. The highest BCUT2D eigenvalue weighted by Gasteiger charge is 2.22. The lowest BCUT2D eigenvalue weighted by molar-refractivity contribution is 0.469. The smallest absolute Gasteiger partial charge is 0.169 e. The number of hydrogen-bond acceptors (Lipinski definition) is 5. The van der Waals surface area contributed by atoms with E-state index in [4.69, 9.17) is 4.42 Å². The fraction of sp³-hybridized carbons (Fsp3) is 0. The number of aromatic nitrogens is 3. The van der Waals surface area contributed by atoms with E-state index in [9.17, 15) is 14.8 Å². The number of furan rings is 1. The van der Waals surface area contributed by atoms with Crippen LogP contribution in [0.5, 0.6) is 5.75 Å². The van der Waals surface area contributed by atoms with Gasteiger partial charge in [-0.2, -0.15) is 10.4 Å². The zero-order valence-electron chi connectivity index (χ0n) is 12.4. The van der Waals surface area contributed by atoms with Crippen LogP contribution in [0.1, 0.15) is 5.56 Å². The molecule has 0 fully saturated rings. The van der Waals surface area contributed by atoms with E-state index in [2.05, 4.69) is 37.2 Å². The number of phenolic OH excluding ortho intramolecular Hbond substituents is 1. The van der Waals surface area contributed by atoms with Gasteiger partial charge in [0.15, 0.2) is 10.3 Å². The first-order chi connectivity index (χ1) is 12.1. The van der Waals surface area contributed by atoms with E-state index < -0.39 is 5.82 Å². The predicted molar refractivity (Wildman–Crippen MR) is 91.1 cm³/mol. The summed E-state index contributed by atoms with van der Waals surface area (Å²) in [5.74, 6) is -0.468. The molecule has 0 saturated heterocycles. The summed E-state index contributed by atoms with van der Waals surface area (Å²) in [4.78, 5) is 4.34. The summed E-state index contributed by atoms with van der Waals surface area (Å²) in [6.07, 6.45) is 1.53. The molecule has 0 amide bonds. The number of fused-ring (bicyclic) bond motifs is 1. The van der Waals surface area contributed by atoms with Crippen molar-refractivity contribution in [2.45, 2.75) is 0 Å². The number of H-pyrrole nitrogens is 1.